The Morgan fingerprint density at radius 3 is 2.59 bits per heavy atom. The lowest BCUT2D eigenvalue weighted by Gasteiger charge is -2.00. The number of aryl methyl sites for hydroxylation is 1. The molecule has 1 heterocycles. The average molecular weight is 228 g/mol. The third kappa shape index (κ3) is 2.69. The van der Waals surface area contributed by atoms with Crippen LogP contribution < -0.4 is 0 Å². The number of Topliss-reactive ketones (excluding diaryl/α,β-unsaturated/α-hetero) is 2. The maximum atomic E-state index is 11.8. The molecular weight excluding hydrogens is 216 g/mol. The standard InChI is InChI=1S/C14H12O3/c1-10-4-2-5-11(8-10)12(15)9-13(16)14-6-3-7-17-14/h2-8H,9H2,1H3. The Morgan fingerprint density at radius 1 is 1.12 bits per heavy atom. The number of furan rings is 1. The maximum Gasteiger partial charge on any atom is 0.205 e. The van der Waals surface area contributed by atoms with Crippen LogP contribution in [0.25, 0.3) is 0 Å². The molecule has 86 valence electrons. The van der Waals surface area contributed by atoms with Crippen molar-refractivity contribution in [2.24, 2.45) is 0 Å². The van der Waals surface area contributed by atoms with E-state index in [0.29, 0.717) is 5.56 Å². The van der Waals surface area contributed by atoms with E-state index >= 15 is 0 Å². The first-order valence-electron chi connectivity index (χ1n) is 5.33. The molecule has 17 heavy (non-hydrogen) atoms. The van der Waals surface area contributed by atoms with E-state index in [4.69, 9.17) is 4.42 Å². The highest BCUT2D eigenvalue weighted by Crippen LogP contribution is 2.10. The van der Waals surface area contributed by atoms with Gasteiger partial charge in [0.05, 0.1) is 12.7 Å². The first-order valence-corrected chi connectivity index (χ1v) is 5.33. The SMILES string of the molecule is Cc1cccc(C(=O)CC(=O)c2ccco2)c1. The van der Waals surface area contributed by atoms with Crippen LogP contribution >= 0.6 is 0 Å². The molecule has 0 saturated heterocycles. The third-order valence-electron chi connectivity index (χ3n) is 2.46. The van der Waals surface area contributed by atoms with Gasteiger partial charge in [-0.15, -0.1) is 0 Å². The number of rotatable bonds is 4. The summed E-state index contributed by atoms with van der Waals surface area (Å²) in [6.45, 7) is 1.91. The molecular formula is C14H12O3. The quantitative estimate of drug-likeness (QED) is 0.597. The van der Waals surface area contributed by atoms with Gasteiger partial charge < -0.3 is 4.42 Å². The van der Waals surface area contributed by atoms with Crippen molar-refractivity contribution >= 4 is 11.6 Å². The Morgan fingerprint density at radius 2 is 1.94 bits per heavy atom. The summed E-state index contributed by atoms with van der Waals surface area (Å²) < 4.78 is 4.95. The molecule has 1 aromatic carbocycles. The van der Waals surface area contributed by atoms with E-state index in [2.05, 4.69) is 0 Å². The Hall–Kier alpha value is -2.16. The fraction of sp³-hybridized carbons (Fsp3) is 0.143. The van der Waals surface area contributed by atoms with Gasteiger partial charge in [-0.3, -0.25) is 9.59 Å². The molecule has 0 N–H and O–H groups in total. The topological polar surface area (TPSA) is 47.3 Å². The zero-order chi connectivity index (χ0) is 12.3. The van der Waals surface area contributed by atoms with Crippen LogP contribution in [0.1, 0.15) is 32.9 Å². The van der Waals surface area contributed by atoms with Crippen molar-refractivity contribution in [2.45, 2.75) is 13.3 Å². The predicted molar refractivity (Wildman–Crippen MR) is 63.2 cm³/mol. The Balaban J connectivity index is 2.10. The first kappa shape index (κ1) is 11.3. The monoisotopic (exact) mass is 228 g/mol. The van der Waals surface area contributed by atoms with Crippen molar-refractivity contribution in [2.75, 3.05) is 0 Å². The second kappa shape index (κ2) is 4.78. The third-order valence-corrected chi connectivity index (χ3v) is 2.46. The average Bonchev–Trinajstić information content (AvgIpc) is 2.82. The van der Waals surface area contributed by atoms with Gasteiger partial charge in [0.1, 0.15) is 0 Å². The largest absolute Gasteiger partial charge is 0.461 e. The molecule has 0 spiro atoms. The number of benzene rings is 1. The van der Waals surface area contributed by atoms with E-state index in [1.54, 1.807) is 30.3 Å². The van der Waals surface area contributed by atoms with E-state index in [1.165, 1.54) is 6.26 Å². The van der Waals surface area contributed by atoms with Gasteiger partial charge in [0.15, 0.2) is 11.5 Å². The van der Waals surface area contributed by atoms with Gasteiger partial charge in [-0.1, -0.05) is 23.8 Å². The summed E-state index contributed by atoms with van der Waals surface area (Å²) in [6, 6.07) is 10.4. The van der Waals surface area contributed by atoms with Crippen molar-refractivity contribution in [1.29, 1.82) is 0 Å². The minimum Gasteiger partial charge on any atom is -0.461 e. The Labute approximate surface area is 99.1 Å². The zero-order valence-corrected chi connectivity index (χ0v) is 9.47. The minimum absolute atomic E-state index is 0.156. The van der Waals surface area contributed by atoms with Crippen LogP contribution in [0.4, 0.5) is 0 Å². The van der Waals surface area contributed by atoms with Crippen LogP contribution in [0.15, 0.2) is 47.1 Å². The number of ketones is 2. The summed E-state index contributed by atoms with van der Waals surface area (Å²) in [7, 11) is 0. The van der Waals surface area contributed by atoms with Crippen molar-refractivity contribution < 1.29 is 14.0 Å². The molecule has 0 fully saturated rings. The highest BCUT2D eigenvalue weighted by Gasteiger charge is 2.15. The van der Waals surface area contributed by atoms with Crippen LogP contribution in [-0.2, 0) is 0 Å². The second-order valence-electron chi connectivity index (χ2n) is 3.87. The molecule has 2 aromatic rings. The Bertz CT molecular complexity index is 538. The lowest BCUT2D eigenvalue weighted by molar-refractivity contribution is 0.0878. The molecule has 1 aromatic heterocycles. The molecule has 0 atom stereocenters. The summed E-state index contributed by atoms with van der Waals surface area (Å²) in [4.78, 5) is 23.5. The number of carbonyl (C=O) groups is 2. The summed E-state index contributed by atoms with van der Waals surface area (Å²) in [5, 5.41) is 0. The van der Waals surface area contributed by atoms with Crippen LogP contribution in [0, 0.1) is 6.92 Å². The van der Waals surface area contributed by atoms with Crippen molar-refractivity contribution in [3.63, 3.8) is 0 Å². The molecule has 0 amide bonds. The summed E-state index contributed by atoms with van der Waals surface area (Å²) in [5.74, 6) is -0.248. The van der Waals surface area contributed by atoms with E-state index < -0.39 is 0 Å². The van der Waals surface area contributed by atoms with E-state index in [9.17, 15) is 9.59 Å². The van der Waals surface area contributed by atoms with Gasteiger partial charge in [0.2, 0.25) is 5.78 Å². The lowest BCUT2D eigenvalue weighted by Crippen LogP contribution is -2.07. The molecule has 3 heteroatoms. The number of carbonyl (C=O) groups excluding carboxylic acids is 2. The summed E-state index contributed by atoms with van der Waals surface area (Å²) >= 11 is 0. The van der Waals surface area contributed by atoms with Crippen molar-refractivity contribution in [1.82, 2.24) is 0 Å². The number of hydrogen-bond acceptors (Lipinski definition) is 3. The van der Waals surface area contributed by atoms with Gasteiger partial charge in [-0.05, 0) is 25.1 Å². The van der Waals surface area contributed by atoms with Crippen LogP contribution in [0.5, 0.6) is 0 Å². The molecule has 0 aliphatic rings. The van der Waals surface area contributed by atoms with Crippen LogP contribution in [-0.4, -0.2) is 11.6 Å². The highest BCUT2D eigenvalue weighted by molar-refractivity contribution is 6.12. The fourth-order valence-corrected chi connectivity index (χ4v) is 1.59. The molecule has 2 rings (SSSR count). The molecule has 0 radical (unpaired) electrons. The van der Waals surface area contributed by atoms with Gasteiger partial charge in [0.25, 0.3) is 0 Å². The number of hydrogen-bond donors (Lipinski definition) is 0. The lowest BCUT2D eigenvalue weighted by atomic mass is 10.0. The van der Waals surface area contributed by atoms with E-state index in [1.807, 2.05) is 13.0 Å². The van der Waals surface area contributed by atoms with Crippen molar-refractivity contribution in [3.8, 4) is 0 Å². The molecule has 0 bridgehead atoms. The minimum atomic E-state index is -0.290. The Kier molecular flexibility index (Phi) is 3.19. The van der Waals surface area contributed by atoms with Gasteiger partial charge >= 0.3 is 0 Å². The normalized spacial score (nSPS) is 10.2. The molecule has 3 nitrogen and oxygen atoms in total. The highest BCUT2D eigenvalue weighted by atomic mass is 16.3. The van der Waals surface area contributed by atoms with E-state index in [0.717, 1.165) is 5.56 Å². The first-order chi connectivity index (χ1) is 8.16. The van der Waals surface area contributed by atoms with Gasteiger partial charge in [-0.2, -0.15) is 0 Å². The molecule has 0 aliphatic carbocycles. The molecule has 0 unspecified atom stereocenters. The van der Waals surface area contributed by atoms with Crippen LogP contribution in [0.3, 0.4) is 0 Å². The van der Waals surface area contributed by atoms with E-state index in [-0.39, 0.29) is 23.7 Å². The molecule has 0 saturated carbocycles. The van der Waals surface area contributed by atoms with Crippen molar-refractivity contribution in [3.05, 3.63) is 59.5 Å². The molecule has 0 aliphatic heterocycles. The summed E-state index contributed by atoms with van der Waals surface area (Å²) in [6.07, 6.45) is 1.27. The predicted octanol–water partition coefficient (Wildman–Crippen LogP) is 3.04. The summed E-state index contributed by atoms with van der Waals surface area (Å²) in [5.41, 5.74) is 1.56. The second-order valence-corrected chi connectivity index (χ2v) is 3.87. The maximum absolute atomic E-state index is 11.8. The van der Waals surface area contributed by atoms with Crippen LogP contribution in [0.2, 0.25) is 0 Å². The smallest absolute Gasteiger partial charge is 0.205 e. The zero-order valence-electron chi connectivity index (χ0n) is 9.47. The van der Waals surface area contributed by atoms with Gasteiger partial charge in [-0.25, -0.2) is 0 Å². The fourth-order valence-electron chi connectivity index (χ4n) is 1.59. The van der Waals surface area contributed by atoms with Gasteiger partial charge in [0, 0.05) is 5.56 Å².